The summed E-state index contributed by atoms with van der Waals surface area (Å²) < 4.78 is 99.0. The second kappa shape index (κ2) is 16.6. The van der Waals surface area contributed by atoms with Crippen molar-refractivity contribution in [2.75, 3.05) is 0 Å². The number of furan rings is 1. The van der Waals surface area contributed by atoms with E-state index < -0.39 is 37.6 Å². The van der Waals surface area contributed by atoms with E-state index in [-0.39, 0.29) is 65.8 Å². The Balaban J connectivity index is 0.00000672. The molecule has 0 radical (unpaired) electrons. The summed E-state index contributed by atoms with van der Waals surface area (Å²) in [5, 5.41) is 3.39. The van der Waals surface area contributed by atoms with Crippen LogP contribution in [0.5, 0.6) is 11.5 Å². The smallest absolute Gasteiger partial charge is 0.501 e. The maximum Gasteiger partial charge on any atom is 2.00 e. The summed E-state index contributed by atoms with van der Waals surface area (Å²) in [6.45, 7) is 4.92. The van der Waals surface area contributed by atoms with Crippen LogP contribution in [0.1, 0.15) is 99.9 Å². The zero-order valence-electron chi connectivity index (χ0n) is 46.7. The number of nitrogens with zero attached hydrogens (tertiary/aromatic N) is 2. The van der Waals surface area contributed by atoms with E-state index in [9.17, 15) is 1.37 Å². The molecule has 1 unspecified atom stereocenters. The molecule has 9 aromatic rings. The number of ether oxygens (including phenoxy) is 1. The molecule has 4 nitrogen and oxygen atoms in total. The molecule has 5 heteroatoms. The Kier molecular flexibility index (Phi) is 8.51. The van der Waals surface area contributed by atoms with E-state index in [4.69, 9.17) is 26.5 Å². The quantitative estimate of drug-likeness (QED) is 0.149. The molecular weight excluding hydrogens is 964 g/mol. The van der Waals surface area contributed by atoms with Crippen molar-refractivity contribution in [1.82, 2.24) is 9.97 Å². The second-order valence-electron chi connectivity index (χ2n) is 18.4. The van der Waals surface area contributed by atoms with Crippen LogP contribution in [-0.2, 0) is 21.1 Å². The molecule has 0 bridgehead atoms. The summed E-state index contributed by atoms with van der Waals surface area (Å²) in [5.41, 5.74) is 7.09. The van der Waals surface area contributed by atoms with Gasteiger partial charge in [-0.3, -0.25) is 0 Å². The average molecular weight is 1030 g/mol. The van der Waals surface area contributed by atoms with Crippen molar-refractivity contribution < 1.29 is 43.9 Å². The standard InChI is InChI=1S/C59H54N2O2.Pt/c1-35-24-53(60-33-37(35)3)45-26-49(40-15-11-10-12-16-40)39(5)55(28-45)62-46-29-51-50-25-41-17-13-14-18-42(41)27-56(50)63-57(51)52(30-46)54-31-48(38(4)34-61-54)47-20-19-43(23-36(47)2)44-21-22-58(6,7)59(8,9)32-44;/h10-20,23-27,29,31,33-34,44H,21-22,32H2,1-9H3;/q-2;+2/i1D3,3D3,5D3,44D;. The molecule has 1 atom stereocenters. The molecule has 1 saturated carbocycles. The van der Waals surface area contributed by atoms with E-state index in [1.54, 1.807) is 42.5 Å². The first kappa shape index (κ1) is 32.8. The minimum Gasteiger partial charge on any atom is -0.501 e. The Morgan fingerprint density at radius 2 is 1.44 bits per heavy atom. The fourth-order valence-electron chi connectivity index (χ4n) is 9.09. The number of hydrogen-bond acceptors (Lipinski definition) is 4. The molecule has 3 aromatic heterocycles. The molecule has 0 amide bonds. The summed E-state index contributed by atoms with van der Waals surface area (Å²) in [4.78, 5) is 9.39. The predicted molar refractivity (Wildman–Crippen MR) is 261 cm³/mol. The molecular formula is C59H54N2O2Pt. The van der Waals surface area contributed by atoms with Crippen LogP contribution in [-0.4, -0.2) is 9.97 Å². The molecule has 0 aliphatic heterocycles. The third-order valence-electron chi connectivity index (χ3n) is 13.7. The first-order chi connectivity index (χ1) is 34.2. The van der Waals surface area contributed by atoms with Crippen molar-refractivity contribution in [3.8, 4) is 56.3 Å². The fraction of sp³-hybridized carbons (Fsp3) is 0.254. The Morgan fingerprint density at radius 3 is 2.19 bits per heavy atom. The Labute approximate surface area is 406 Å². The van der Waals surface area contributed by atoms with Crippen molar-refractivity contribution in [3.05, 3.63) is 167 Å². The largest absolute Gasteiger partial charge is 2.00 e. The molecule has 0 saturated heterocycles. The van der Waals surface area contributed by atoms with Crippen molar-refractivity contribution in [2.45, 2.75) is 87.3 Å². The fourth-order valence-corrected chi connectivity index (χ4v) is 9.09. The van der Waals surface area contributed by atoms with Gasteiger partial charge in [0.25, 0.3) is 0 Å². The van der Waals surface area contributed by atoms with Crippen molar-refractivity contribution in [1.29, 1.82) is 0 Å². The van der Waals surface area contributed by atoms with Crippen molar-refractivity contribution in [3.63, 3.8) is 0 Å². The summed E-state index contributed by atoms with van der Waals surface area (Å²) in [7, 11) is 0. The molecule has 0 spiro atoms. The van der Waals surface area contributed by atoms with Gasteiger partial charge in [-0.25, -0.2) is 0 Å². The Hall–Kier alpha value is -5.83. The summed E-state index contributed by atoms with van der Waals surface area (Å²) >= 11 is 0. The minimum absolute atomic E-state index is 0. The number of pyridine rings is 2. The number of aryl methyl sites for hydroxylation is 4. The first-order valence-corrected chi connectivity index (χ1v) is 21.5. The van der Waals surface area contributed by atoms with Gasteiger partial charge in [-0.05, 0) is 137 Å². The summed E-state index contributed by atoms with van der Waals surface area (Å²) in [6, 6.07) is 40.3. The van der Waals surface area contributed by atoms with Crippen LogP contribution < -0.4 is 4.74 Å². The van der Waals surface area contributed by atoms with E-state index in [0.29, 0.717) is 33.4 Å². The maximum atomic E-state index is 9.73. The molecule has 6 aromatic carbocycles. The van der Waals surface area contributed by atoms with Crippen LogP contribution in [0.3, 0.4) is 0 Å². The van der Waals surface area contributed by atoms with E-state index in [0.717, 1.165) is 69.4 Å². The Bertz CT molecular complexity index is 3650. The Morgan fingerprint density at radius 1 is 0.688 bits per heavy atom. The van der Waals surface area contributed by atoms with E-state index >= 15 is 0 Å². The second-order valence-corrected chi connectivity index (χ2v) is 18.4. The molecule has 1 fully saturated rings. The molecule has 10 rings (SSSR count). The SMILES string of the molecule is [2H]C([2H])([2H])c1cnc(-c2[c-]c(Oc3[c-]c(-c4cc(-c5ccc(C6([2H])CCC(C)(C)C(C)(C)C6)cc5C)c(C)cn4)c4oc5cc6ccccc6cc5c4c3)c(C([2H])([2H])[2H])c(-c3ccccc3)c2)cc1C([2H])([2H])[2H].[Pt+2]. The number of hydrogen-bond donors (Lipinski definition) is 0. The van der Waals surface area contributed by atoms with Crippen molar-refractivity contribution >= 4 is 32.7 Å². The normalized spacial score (nSPS) is 19.7. The van der Waals surface area contributed by atoms with Crippen molar-refractivity contribution in [2.24, 2.45) is 10.8 Å². The first-order valence-electron chi connectivity index (χ1n) is 26.5. The molecule has 1 aliphatic carbocycles. The third-order valence-corrected chi connectivity index (χ3v) is 13.7. The van der Waals surface area contributed by atoms with E-state index in [2.05, 4.69) is 69.9 Å². The van der Waals surface area contributed by atoms with E-state index in [1.807, 2.05) is 55.6 Å². The molecule has 64 heavy (non-hydrogen) atoms. The van der Waals surface area contributed by atoms with Crippen LogP contribution in [0.2, 0.25) is 0 Å². The number of benzene rings is 6. The van der Waals surface area contributed by atoms with E-state index in [1.165, 1.54) is 6.07 Å². The summed E-state index contributed by atoms with van der Waals surface area (Å²) in [6.07, 6.45) is 5.35. The van der Waals surface area contributed by atoms with Gasteiger partial charge in [0.15, 0.2) is 0 Å². The van der Waals surface area contributed by atoms with Gasteiger partial charge in [-0.2, -0.15) is 0 Å². The molecule has 0 N–H and O–H groups in total. The molecule has 3 heterocycles. The average Bonchev–Trinajstić information content (AvgIpc) is 3.68. The number of aromatic nitrogens is 2. The van der Waals surface area contributed by atoms with Crippen LogP contribution >= 0.6 is 0 Å². The van der Waals surface area contributed by atoms with Gasteiger partial charge in [-0.1, -0.05) is 165 Å². The summed E-state index contributed by atoms with van der Waals surface area (Å²) in [5.74, 6) is -0.791. The maximum absolute atomic E-state index is 9.73. The third kappa shape index (κ3) is 7.79. The topological polar surface area (TPSA) is 48.2 Å². The zero-order valence-corrected chi connectivity index (χ0v) is 39.0. The van der Waals surface area contributed by atoms with Crippen LogP contribution in [0.15, 0.2) is 126 Å². The minimum atomic E-state index is -2.82. The van der Waals surface area contributed by atoms with Gasteiger partial charge in [0.2, 0.25) is 0 Å². The van der Waals surface area contributed by atoms with Crippen LogP contribution in [0.4, 0.5) is 0 Å². The number of fused-ring (bicyclic) bond motifs is 4. The van der Waals surface area contributed by atoms with Gasteiger partial charge >= 0.3 is 21.1 Å². The van der Waals surface area contributed by atoms with Gasteiger partial charge in [0, 0.05) is 43.0 Å². The number of rotatable bonds is 7. The monoisotopic (exact) mass is 1030 g/mol. The van der Waals surface area contributed by atoms with Gasteiger partial charge in [0.1, 0.15) is 5.58 Å². The van der Waals surface area contributed by atoms with Gasteiger partial charge in [0.05, 0.1) is 5.58 Å². The molecule has 322 valence electrons. The zero-order chi connectivity index (χ0) is 52.2. The van der Waals surface area contributed by atoms with Gasteiger partial charge in [-0.15, -0.1) is 11.6 Å². The van der Waals surface area contributed by atoms with Gasteiger partial charge < -0.3 is 19.1 Å². The van der Waals surface area contributed by atoms with Crippen LogP contribution in [0.25, 0.3) is 77.5 Å². The predicted octanol–water partition coefficient (Wildman–Crippen LogP) is 16.4. The molecule has 1 aliphatic rings. The van der Waals surface area contributed by atoms with Crippen LogP contribution in [0, 0.1) is 57.4 Å².